The first-order valence-electron chi connectivity index (χ1n) is 20.7. The Hall–Kier alpha value is -4.48. The monoisotopic (exact) mass is 801 g/mol. The van der Waals surface area contributed by atoms with Gasteiger partial charge in [-0.15, -0.1) is 0 Å². The maximum absolute atomic E-state index is 16.0. The zero-order chi connectivity index (χ0) is 39.6. The molecule has 6 aliphatic rings. The van der Waals surface area contributed by atoms with Gasteiger partial charge in [-0.2, -0.15) is 9.97 Å². The Morgan fingerprint density at radius 3 is 2.10 bits per heavy atom. The highest BCUT2D eigenvalue weighted by Gasteiger charge is 2.47. The fraction of sp³-hybridized carbons (Fsp3) is 0.571. The summed E-state index contributed by atoms with van der Waals surface area (Å²) in [5.41, 5.74) is -0.556. The smallest absolute Gasteiger partial charge is 0.319 e. The van der Waals surface area contributed by atoms with Gasteiger partial charge in [-0.05, 0) is 62.1 Å². The van der Waals surface area contributed by atoms with Crippen molar-refractivity contribution in [1.29, 1.82) is 0 Å². The summed E-state index contributed by atoms with van der Waals surface area (Å²) in [4.78, 5) is 29.7. The van der Waals surface area contributed by atoms with Gasteiger partial charge < -0.3 is 34.3 Å². The molecule has 2 bridgehead atoms. The maximum atomic E-state index is 16.0. The van der Waals surface area contributed by atoms with Gasteiger partial charge >= 0.3 is 6.01 Å². The summed E-state index contributed by atoms with van der Waals surface area (Å²) in [5, 5.41) is 28.3. The number of hydrogen-bond acceptors (Lipinski definition) is 13. The molecule has 1 aromatic heterocycles. The zero-order valence-corrected chi connectivity index (χ0v) is 32.5. The molecule has 2 atom stereocenters. The van der Waals surface area contributed by atoms with Gasteiger partial charge in [0.2, 0.25) is 0 Å². The number of fused-ring (bicyclic) bond motifs is 4. The summed E-state index contributed by atoms with van der Waals surface area (Å²) in [5.74, 6) is -2.01. The molecule has 58 heavy (non-hydrogen) atoms. The Bertz CT molecular complexity index is 2230. The van der Waals surface area contributed by atoms with Crippen LogP contribution in [0.1, 0.15) is 38.5 Å². The van der Waals surface area contributed by atoms with Crippen molar-refractivity contribution < 1.29 is 37.8 Å². The van der Waals surface area contributed by atoms with E-state index in [1.807, 2.05) is 0 Å². The second-order valence-electron chi connectivity index (χ2n) is 17.4. The number of nitro benzene ring substituents is 1. The van der Waals surface area contributed by atoms with Crippen LogP contribution in [0.25, 0.3) is 32.8 Å². The zero-order valence-electron chi connectivity index (χ0n) is 32.5. The molecule has 6 fully saturated rings. The molecule has 3 aromatic carbocycles. The number of aromatic nitrogens is 2. The molecule has 0 amide bonds. The number of phenolic OH excluding ortho intramolecular Hbond substituents is 1. The fourth-order valence-electron chi connectivity index (χ4n) is 9.55. The predicted octanol–water partition coefficient (Wildman–Crippen LogP) is 5.27. The molecular weight excluding hydrogens is 752 g/mol. The molecule has 308 valence electrons. The lowest BCUT2D eigenvalue weighted by Crippen LogP contribution is -2.51. The van der Waals surface area contributed by atoms with Gasteiger partial charge in [-0.25, -0.2) is 8.78 Å². The first-order chi connectivity index (χ1) is 28.1. The summed E-state index contributed by atoms with van der Waals surface area (Å²) < 4.78 is 55.6. The quantitative estimate of drug-likeness (QED) is 0.134. The molecule has 4 aromatic rings. The number of nitrogens with zero attached hydrogens (tertiary/aromatic N) is 6. The third-order valence-corrected chi connectivity index (χ3v) is 13.1. The summed E-state index contributed by atoms with van der Waals surface area (Å²) in [7, 11) is 0. The number of nitrogens with one attached hydrogen (secondary N) is 1. The second kappa shape index (κ2) is 15.0. The minimum Gasteiger partial charge on any atom is -0.508 e. The summed E-state index contributed by atoms with van der Waals surface area (Å²) in [6.45, 7) is 9.54. The highest BCUT2D eigenvalue weighted by atomic mass is 19.2. The van der Waals surface area contributed by atoms with E-state index in [4.69, 9.17) is 28.9 Å². The third-order valence-electron chi connectivity index (χ3n) is 13.1. The van der Waals surface area contributed by atoms with E-state index in [1.165, 1.54) is 24.3 Å². The number of phenols is 1. The lowest BCUT2D eigenvalue weighted by atomic mass is 9.93. The Morgan fingerprint density at radius 2 is 1.50 bits per heavy atom. The van der Waals surface area contributed by atoms with E-state index >= 15 is 8.78 Å². The van der Waals surface area contributed by atoms with Crippen LogP contribution in [-0.2, 0) is 9.47 Å². The summed E-state index contributed by atoms with van der Waals surface area (Å²) >= 11 is 0. The number of piperazine rings is 1. The standard InChI is InChI=1S/C42H49F2N7O7/c43-32-4-1-26-17-29(52)18-30(34(26)36(32)44)35-33(51(53)54)19-31-37(38(35)57-24-41(5-6-41)22-48-9-13-55-14-10-48)46-40(47-39(31)50-20-27-2-3-28(21-50)45-27)58-25-42(7-8-42)23-49-11-15-56-16-12-49/h1,4,17-19,27-28,45,52H,2-3,5-16,20-25H2/t27-,28+. The number of benzene rings is 3. The van der Waals surface area contributed by atoms with E-state index in [9.17, 15) is 15.2 Å². The van der Waals surface area contributed by atoms with E-state index in [0.717, 1.165) is 83.9 Å². The highest BCUT2D eigenvalue weighted by Crippen LogP contribution is 2.52. The first kappa shape index (κ1) is 37.8. The van der Waals surface area contributed by atoms with Crippen LogP contribution in [0.4, 0.5) is 20.3 Å². The normalized spacial score (nSPS) is 24.0. The molecule has 4 aliphatic heterocycles. The van der Waals surface area contributed by atoms with Crippen LogP contribution in [0.5, 0.6) is 17.5 Å². The molecule has 2 N–H and O–H groups in total. The van der Waals surface area contributed by atoms with Crippen LogP contribution in [0, 0.1) is 32.6 Å². The Kier molecular flexibility index (Phi) is 9.74. The van der Waals surface area contributed by atoms with E-state index in [0.29, 0.717) is 57.3 Å². The molecule has 16 heteroatoms. The number of aromatic hydroxyl groups is 1. The molecule has 14 nitrogen and oxygen atoms in total. The SMILES string of the molecule is O=[N+]([O-])c1cc2c(N3C[C@H]4CC[C@@H](C3)N4)nc(OCC3(CN4CCOCC4)CC3)nc2c(OCC2(CN3CCOCC3)CC2)c1-c1cc(O)cc2ccc(F)c(F)c12. The van der Waals surface area contributed by atoms with Gasteiger partial charge in [-0.3, -0.25) is 19.9 Å². The molecule has 4 saturated heterocycles. The van der Waals surface area contributed by atoms with Crippen molar-refractivity contribution >= 4 is 33.2 Å². The van der Waals surface area contributed by atoms with Gasteiger partial charge in [0.15, 0.2) is 17.4 Å². The van der Waals surface area contributed by atoms with E-state index in [-0.39, 0.29) is 74.4 Å². The fourth-order valence-corrected chi connectivity index (χ4v) is 9.55. The average molecular weight is 802 g/mol. The van der Waals surface area contributed by atoms with Crippen LogP contribution in [0.3, 0.4) is 0 Å². The topological polar surface area (TPSA) is 148 Å². The molecule has 0 unspecified atom stereocenters. The van der Waals surface area contributed by atoms with Crippen LogP contribution >= 0.6 is 0 Å². The number of morpholine rings is 2. The first-order valence-corrected chi connectivity index (χ1v) is 20.7. The molecular formula is C42H49F2N7O7. The Labute approximate surface area is 334 Å². The van der Waals surface area contributed by atoms with Crippen molar-refractivity contribution in [2.75, 3.05) is 96.9 Å². The number of rotatable bonds is 13. The van der Waals surface area contributed by atoms with Crippen molar-refractivity contribution in [2.45, 2.75) is 50.6 Å². The number of nitro groups is 1. The van der Waals surface area contributed by atoms with Gasteiger partial charge in [0.1, 0.15) is 22.6 Å². The minimum atomic E-state index is -1.18. The van der Waals surface area contributed by atoms with Gasteiger partial charge in [0.05, 0.1) is 50.0 Å². The van der Waals surface area contributed by atoms with Crippen LogP contribution in [0.2, 0.25) is 0 Å². The molecule has 10 rings (SSSR count). The van der Waals surface area contributed by atoms with Crippen molar-refractivity contribution in [3.05, 3.63) is 52.1 Å². The molecule has 0 radical (unpaired) electrons. The average Bonchev–Trinajstić information content (AvgIpc) is 4.15. The number of hydrogen-bond donors (Lipinski definition) is 2. The Balaban J connectivity index is 1.14. The van der Waals surface area contributed by atoms with Crippen LogP contribution in [0.15, 0.2) is 30.3 Å². The van der Waals surface area contributed by atoms with Crippen molar-refractivity contribution in [3.8, 4) is 28.6 Å². The van der Waals surface area contributed by atoms with Gasteiger partial charge in [0.25, 0.3) is 5.69 Å². The number of ether oxygens (including phenoxy) is 4. The second-order valence-corrected chi connectivity index (χ2v) is 17.4. The van der Waals surface area contributed by atoms with Crippen molar-refractivity contribution in [1.82, 2.24) is 25.1 Å². The number of halogens is 2. The maximum Gasteiger partial charge on any atom is 0.319 e. The van der Waals surface area contributed by atoms with Crippen molar-refractivity contribution in [2.24, 2.45) is 10.8 Å². The molecule has 2 aliphatic carbocycles. The highest BCUT2D eigenvalue weighted by molar-refractivity contribution is 6.08. The third kappa shape index (κ3) is 7.38. The largest absolute Gasteiger partial charge is 0.508 e. The van der Waals surface area contributed by atoms with E-state index in [1.54, 1.807) is 0 Å². The summed E-state index contributed by atoms with van der Waals surface area (Å²) in [6, 6.07) is 6.88. The molecule has 0 spiro atoms. The van der Waals surface area contributed by atoms with E-state index < -0.39 is 22.2 Å². The minimum absolute atomic E-state index is 0.0501. The predicted molar refractivity (Wildman–Crippen MR) is 212 cm³/mol. The number of anilines is 1. The summed E-state index contributed by atoms with van der Waals surface area (Å²) in [6.07, 6.45) is 5.82. The molecule has 2 saturated carbocycles. The lowest BCUT2D eigenvalue weighted by molar-refractivity contribution is -0.384. The van der Waals surface area contributed by atoms with Gasteiger partial charge in [0, 0.05) is 92.3 Å². The van der Waals surface area contributed by atoms with E-state index in [2.05, 4.69) is 20.0 Å². The van der Waals surface area contributed by atoms with Crippen LogP contribution in [-0.4, -0.2) is 134 Å². The Morgan fingerprint density at radius 1 is 0.879 bits per heavy atom. The van der Waals surface area contributed by atoms with Gasteiger partial charge in [-0.1, -0.05) is 6.07 Å². The van der Waals surface area contributed by atoms with Crippen molar-refractivity contribution in [3.63, 3.8) is 0 Å². The lowest BCUT2D eigenvalue weighted by Gasteiger charge is -2.34. The van der Waals surface area contributed by atoms with Crippen LogP contribution < -0.4 is 19.7 Å². The molecule has 5 heterocycles.